The lowest BCUT2D eigenvalue weighted by atomic mass is 9.48. The Morgan fingerprint density at radius 1 is 1.48 bits per heavy atom. The number of hydrogen-bond donors (Lipinski definition) is 3. The van der Waals surface area contributed by atoms with Crippen LogP contribution in [0.3, 0.4) is 0 Å². The van der Waals surface area contributed by atoms with Gasteiger partial charge in [0.1, 0.15) is 11.6 Å². The number of rotatable bonds is 6. The van der Waals surface area contributed by atoms with Gasteiger partial charge in [0, 0.05) is 17.9 Å². The number of carboxylic acids is 1. The first-order chi connectivity index (χ1) is 9.76. The zero-order valence-electron chi connectivity index (χ0n) is 13.0. The zero-order chi connectivity index (χ0) is 15.8. The summed E-state index contributed by atoms with van der Waals surface area (Å²) < 4.78 is 5.65. The third-order valence-electron chi connectivity index (χ3n) is 5.28. The van der Waals surface area contributed by atoms with Crippen LogP contribution in [0.4, 0.5) is 0 Å². The number of fused-ring (bicyclic) bond motifs is 1. The number of ether oxygens (including phenoxy) is 1. The second kappa shape index (κ2) is 5.57. The first-order valence-corrected chi connectivity index (χ1v) is 7.71. The van der Waals surface area contributed by atoms with Crippen LogP contribution in [0.25, 0.3) is 0 Å². The number of amides is 1. The van der Waals surface area contributed by atoms with Crippen LogP contribution in [0, 0.1) is 11.3 Å². The molecule has 1 aliphatic carbocycles. The van der Waals surface area contributed by atoms with Gasteiger partial charge in [0.15, 0.2) is 0 Å². The molecule has 4 N–H and O–H groups in total. The molecule has 1 aliphatic heterocycles. The van der Waals surface area contributed by atoms with Crippen molar-refractivity contribution in [1.82, 2.24) is 5.32 Å². The Kier molecular flexibility index (Phi) is 4.31. The zero-order valence-corrected chi connectivity index (χ0v) is 13.0. The van der Waals surface area contributed by atoms with Gasteiger partial charge in [-0.3, -0.25) is 4.79 Å². The van der Waals surface area contributed by atoms with Gasteiger partial charge in [-0.1, -0.05) is 33.6 Å². The quantitative estimate of drug-likeness (QED) is 0.676. The molecule has 3 unspecified atom stereocenters. The summed E-state index contributed by atoms with van der Waals surface area (Å²) in [6, 6.07) is -0.866. The van der Waals surface area contributed by atoms with Crippen LogP contribution in [-0.4, -0.2) is 41.3 Å². The van der Waals surface area contributed by atoms with E-state index in [1.165, 1.54) is 0 Å². The maximum absolute atomic E-state index is 12.6. The van der Waals surface area contributed by atoms with Gasteiger partial charge in [0.2, 0.25) is 5.91 Å². The third kappa shape index (κ3) is 2.34. The summed E-state index contributed by atoms with van der Waals surface area (Å²) in [6.07, 6.45) is 2.82. The fraction of sp³-hybridized carbons (Fsp3) is 0.867. The molecule has 6 nitrogen and oxygen atoms in total. The van der Waals surface area contributed by atoms with Crippen molar-refractivity contribution in [2.24, 2.45) is 17.1 Å². The summed E-state index contributed by atoms with van der Waals surface area (Å²) in [5.41, 5.74) is 4.87. The number of nitrogens with one attached hydrogen (secondary N) is 1. The van der Waals surface area contributed by atoms with Gasteiger partial charge in [0.25, 0.3) is 0 Å². The first-order valence-electron chi connectivity index (χ1n) is 7.71. The second-order valence-electron chi connectivity index (χ2n) is 6.78. The lowest BCUT2D eigenvalue weighted by molar-refractivity contribution is -0.177. The Balaban J connectivity index is 2.09. The van der Waals surface area contributed by atoms with E-state index in [-0.39, 0.29) is 17.9 Å². The molecule has 120 valence electrons. The minimum Gasteiger partial charge on any atom is -0.480 e. The molecular formula is C15H26N2O4. The minimum atomic E-state index is -1.05. The SMILES string of the molecule is CCCC[C@H](NC(=O)C1(N)C2CCOC2C1(C)C)C(=O)O. The molecule has 2 aliphatic rings. The van der Waals surface area contributed by atoms with Crippen molar-refractivity contribution in [3.63, 3.8) is 0 Å². The minimum absolute atomic E-state index is 0.00725. The highest BCUT2D eigenvalue weighted by Crippen LogP contribution is 2.58. The number of carboxylic acid groups (broad SMARTS) is 1. The molecule has 4 atom stereocenters. The van der Waals surface area contributed by atoms with Crippen molar-refractivity contribution in [1.29, 1.82) is 0 Å². The Hall–Kier alpha value is -1.14. The Labute approximate surface area is 125 Å². The normalized spacial score (nSPS) is 34.7. The number of carbonyl (C=O) groups excluding carboxylic acids is 1. The van der Waals surface area contributed by atoms with Gasteiger partial charge in [0.05, 0.1) is 6.10 Å². The van der Waals surface area contributed by atoms with Crippen molar-refractivity contribution in [2.45, 2.75) is 64.1 Å². The monoisotopic (exact) mass is 298 g/mol. The molecule has 2 fully saturated rings. The number of unbranched alkanes of at least 4 members (excludes halogenated alkanes) is 1. The summed E-state index contributed by atoms with van der Waals surface area (Å²) >= 11 is 0. The molecule has 0 bridgehead atoms. The lowest BCUT2D eigenvalue weighted by Gasteiger charge is -2.60. The molecule has 0 aromatic rings. The fourth-order valence-corrected chi connectivity index (χ4v) is 3.79. The smallest absolute Gasteiger partial charge is 0.326 e. The van der Waals surface area contributed by atoms with Crippen LogP contribution in [0.15, 0.2) is 0 Å². The van der Waals surface area contributed by atoms with Crippen molar-refractivity contribution in [2.75, 3.05) is 6.61 Å². The third-order valence-corrected chi connectivity index (χ3v) is 5.28. The van der Waals surface area contributed by atoms with Gasteiger partial charge in [-0.15, -0.1) is 0 Å². The summed E-state index contributed by atoms with van der Waals surface area (Å²) in [5, 5.41) is 11.9. The van der Waals surface area contributed by atoms with Gasteiger partial charge in [-0.05, 0) is 12.8 Å². The topological polar surface area (TPSA) is 102 Å². The summed E-state index contributed by atoms with van der Waals surface area (Å²) in [6.45, 7) is 6.44. The first kappa shape index (κ1) is 16.2. The number of nitrogens with two attached hydrogens (primary N) is 1. The molecule has 6 heteroatoms. The highest BCUT2D eigenvalue weighted by molar-refractivity contribution is 5.92. The second-order valence-corrected chi connectivity index (χ2v) is 6.78. The van der Waals surface area contributed by atoms with Crippen LogP contribution in [0.1, 0.15) is 46.5 Å². The number of carbonyl (C=O) groups is 2. The predicted molar refractivity (Wildman–Crippen MR) is 77.6 cm³/mol. The summed E-state index contributed by atoms with van der Waals surface area (Å²) in [7, 11) is 0. The summed E-state index contributed by atoms with van der Waals surface area (Å²) in [4.78, 5) is 23.9. The van der Waals surface area contributed by atoms with Crippen molar-refractivity contribution >= 4 is 11.9 Å². The fourth-order valence-electron chi connectivity index (χ4n) is 3.79. The molecule has 0 aromatic heterocycles. The van der Waals surface area contributed by atoms with Gasteiger partial charge in [-0.25, -0.2) is 4.79 Å². The highest BCUT2D eigenvalue weighted by Gasteiger charge is 2.71. The van der Waals surface area contributed by atoms with Crippen LogP contribution >= 0.6 is 0 Å². The molecule has 1 heterocycles. The Bertz CT molecular complexity index is 437. The van der Waals surface area contributed by atoms with E-state index in [9.17, 15) is 14.7 Å². The Morgan fingerprint density at radius 3 is 2.71 bits per heavy atom. The summed E-state index contributed by atoms with van der Waals surface area (Å²) in [5.74, 6) is -1.38. The van der Waals surface area contributed by atoms with E-state index in [1.54, 1.807) is 0 Å². The molecule has 0 aromatic carbocycles. The maximum Gasteiger partial charge on any atom is 0.326 e. The molecule has 21 heavy (non-hydrogen) atoms. The molecule has 1 amide bonds. The van der Waals surface area contributed by atoms with E-state index in [0.29, 0.717) is 13.0 Å². The van der Waals surface area contributed by atoms with E-state index in [1.807, 2.05) is 20.8 Å². The molecule has 0 spiro atoms. The van der Waals surface area contributed by atoms with E-state index in [0.717, 1.165) is 19.3 Å². The Morgan fingerprint density at radius 2 is 2.14 bits per heavy atom. The van der Waals surface area contributed by atoms with E-state index in [2.05, 4.69) is 5.32 Å². The van der Waals surface area contributed by atoms with Crippen LogP contribution in [-0.2, 0) is 14.3 Å². The number of hydrogen-bond acceptors (Lipinski definition) is 4. The largest absolute Gasteiger partial charge is 0.480 e. The van der Waals surface area contributed by atoms with Gasteiger partial charge >= 0.3 is 5.97 Å². The van der Waals surface area contributed by atoms with Gasteiger partial charge < -0.3 is 20.9 Å². The lowest BCUT2D eigenvalue weighted by Crippen LogP contribution is -2.80. The standard InChI is InChI=1S/C15H26N2O4/c1-4-5-6-10(12(18)19)17-13(20)15(16)9-7-8-21-11(9)14(15,2)3/h9-11H,4-8,16H2,1-3H3,(H,17,20)(H,18,19)/t9?,10-,11?,15?/m0/s1. The molecule has 1 saturated heterocycles. The average Bonchev–Trinajstić information content (AvgIpc) is 2.90. The number of aliphatic carboxylic acids is 1. The molecule has 0 radical (unpaired) electrons. The average molecular weight is 298 g/mol. The molecule has 2 rings (SSSR count). The maximum atomic E-state index is 12.6. The van der Waals surface area contributed by atoms with Crippen molar-refractivity contribution in [3.8, 4) is 0 Å². The van der Waals surface area contributed by atoms with Crippen LogP contribution in [0.2, 0.25) is 0 Å². The highest BCUT2D eigenvalue weighted by atomic mass is 16.5. The van der Waals surface area contributed by atoms with E-state index < -0.39 is 23.0 Å². The molecular weight excluding hydrogens is 272 g/mol. The van der Waals surface area contributed by atoms with E-state index >= 15 is 0 Å². The molecule has 1 saturated carbocycles. The van der Waals surface area contributed by atoms with Crippen molar-refractivity contribution < 1.29 is 19.4 Å². The van der Waals surface area contributed by atoms with Crippen LogP contribution < -0.4 is 11.1 Å². The van der Waals surface area contributed by atoms with Gasteiger partial charge in [-0.2, -0.15) is 0 Å². The van der Waals surface area contributed by atoms with E-state index in [4.69, 9.17) is 10.5 Å². The van der Waals surface area contributed by atoms with Crippen molar-refractivity contribution in [3.05, 3.63) is 0 Å². The predicted octanol–water partition coefficient (Wildman–Crippen LogP) is 0.888. The van der Waals surface area contributed by atoms with Crippen LogP contribution in [0.5, 0.6) is 0 Å².